The van der Waals surface area contributed by atoms with Crippen LogP contribution in [-0.4, -0.2) is 36.6 Å². The highest BCUT2D eigenvalue weighted by atomic mass is 35.5. The molecule has 4 nitrogen and oxygen atoms in total. The van der Waals surface area contributed by atoms with Gasteiger partial charge in [-0.25, -0.2) is 4.98 Å². The minimum Gasteiger partial charge on any atom is -0.368 e. The molecule has 110 valence electrons. The van der Waals surface area contributed by atoms with Crippen molar-refractivity contribution in [2.24, 2.45) is 5.92 Å². The molecule has 0 aliphatic carbocycles. The fourth-order valence-corrected chi connectivity index (χ4v) is 2.58. The Balaban J connectivity index is 2.75. The molecule has 0 spiro atoms. The molecule has 0 aliphatic heterocycles. The second-order valence-electron chi connectivity index (χ2n) is 5.13. The molecule has 0 saturated carbocycles. The highest BCUT2D eigenvalue weighted by molar-refractivity contribution is 6.31. The quantitative estimate of drug-likeness (QED) is 0.837. The highest BCUT2D eigenvalue weighted by Gasteiger charge is 2.20. The van der Waals surface area contributed by atoms with E-state index in [1.807, 2.05) is 12.1 Å². The number of hydrogen-bond donors (Lipinski definition) is 1. The molecule has 0 fully saturated rings. The first-order chi connectivity index (χ1) is 9.53. The van der Waals surface area contributed by atoms with Gasteiger partial charge in [-0.1, -0.05) is 38.3 Å². The number of anilines is 1. The molecule has 1 atom stereocenters. The third-order valence-corrected chi connectivity index (χ3v) is 4.01. The summed E-state index contributed by atoms with van der Waals surface area (Å²) < 4.78 is 0. The monoisotopic (exact) mass is 294 g/mol. The van der Waals surface area contributed by atoms with Gasteiger partial charge in [0.25, 0.3) is 0 Å². The van der Waals surface area contributed by atoms with E-state index in [-0.39, 0.29) is 5.69 Å². The van der Waals surface area contributed by atoms with Gasteiger partial charge in [0.2, 0.25) is 0 Å². The Kier molecular flexibility index (Phi) is 6.77. The van der Waals surface area contributed by atoms with Gasteiger partial charge in [0.1, 0.15) is 11.9 Å². The van der Waals surface area contributed by atoms with E-state index in [0.717, 1.165) is 19.4 Å². The van der Waals surface area contributed by atoms with Gasteiger partial charge >= 0.3 is 0 Å². The van der Waals surface area contributed by atoms with Gasteiger partial charge in [-0.05, 0) is 32.1 Å². The van der Waals surface area contributed by atoms with Gasteiger partial charge in [0.15, 0.2) is 5.69 Å². The highest BCUT2D eigenvalue weighted by Crippen LogP contribution is 2.19. The normalized spacial score (nSPS) is 12.5. The van der Waals surface area contributed by atoms with Gasteiger partial charge < -0.3 is 10.2 Å². The maximum Gasteiger partial charge on any atom is 0.161 e. The maximum atomic E-state index is 8.94. The number of rotatable bonds is 7. The summed E-state index contributed by atoms with van der Waals surface area (Å²) in [5.41, 5.74) is 0.264. The fourth-order valence-electron chi connectivity index (χ4n) is 2.43. The van der Waals surface area contributed by atoms with Crippen LogP contribution in [0.5, 0.6) is 0 Å². The molecule has 0 bridgehead atoms. The molecule has 0 aliphatic rings. The number of pyridine rings is 1. The van der Waals surface area contributed by atoms with E-state index in [9.17, 15) is 0 Å². The Bertz CT molecular complexity index is 463. The average molecular weight is 295 g/mol. The Morgan fingerprint density at radius 1 is 1.35 bits per heavy atom. The summed E-state index contributed by atoms with van der Waals surface area (Å²) in [6.07, 6.45) is 2.30. The zero-order valence-electron chi connectivity index (χ0n) is 12.7. The molecule has 0 radical (unpaired) electrons. The molecular weight excluding hydrogens is 272 g/mol. The van der Waals surface area contributed by atoms with Crippen LogP contribution in [0.1, 0.15) is 32.4 Å². The van der Waals surface area contributed by atoms with E-state index in [2.05, 4.69) is 43.1 Å². The van der Waals surface area contributed by atoms with E-state index in [1.54, 1.807) is 6.07 Å². The topological polar surface area (TPSA) is 52.0 Å². The summed E-state index contributed by atoms with van der Waals surface area (Å²) in [5.74, 6) is 1.34. The lowest BCUT2D eigenvalue weighted by molar-refractivity contribution is 0.210. The Morgan fingerprint density at radius 2 is 2.00 bits per heavy atom. The van der Waals surface area contributed by atoms with Crippen LogP contribution in [0.4, 0.5) is 5.82 Å². The van der Waals surface area contributed by atoms with E-state index in [0.29, 0.717) is 22.8 Å². The molecule has 1 N–H and O–H groups in total. The molecular formula is C15H23ClN4. The van der Waals surface area contributed by atoms with Crippen molar-refractivity contribution >= 4 is 17.4 Å². The minimum absolute atomic E-state index is 0.264. The van der Waals surface area contributed by atoms with Gasteiger partial charge in [-0.2, -0.15) is 5.26 Å². The van der Waals surface area contributed by atoms with Crippen LogP contribution >= 0.6 is 11.6 Å². The lowest BCUT2D eigenvalue weighted by atomic mass is 9.93. The molecule has 20 heavy (non-hydrogen) atoms. The first-order valence-corrected chi connectivity index (χ1v) is 7.38. The summed E-state index contributed by atoms with van der Waals surface area (Å²) in [6, 6.07) is 5.95. The van der Waals surface area contributed by atoms with Crippen molar-refractivity contribution in [3.8, 4) is 6.07 Å². The fraction of sp³-hybridized carbons (Fsp3) is 0.600. The van der Waals surface area contributed by atoms with Gasteiger partial charge in [-0.15, -0.1) is 0 Å². The molecule has 0 amide bonds. The number of halogens is 1. The van der Waals surface area contributed by atoms with Crippen LogP contribution in [0.2, 0.25) is 5.02 Å². The second kappa shape index (κ2) is 8.08. The van der Waals surface area contributed by atoms with Crippen LogP contribution in [0.3, 0.4) is 0 Å². The van der Waals surface area contributed by atoms with Crippen molar-refractivity contribution in [3.05, 3.63) is 22.8 Å². The second-order valence-corrected chi connectivity index (χ2v) is 5.53. The maximum absolute atomic E-state index is 8.94. The van der Waals surface area contributed by atoms with E-state index >= 15 is 0 Å². The van der Waals surface area contributed by atoms with Crippen molar-refractivity contribution in [3.63, 3.8) is 0 Å². The summed E-state index contributed by atoms with van der Waals surface area (Å²) in [4.78, 5) is 6.45. The largest absolute Gasteiger partial charge is 0.368 e. The molecule has 1 rings (SSSR count). The van der Waals surface area contributed by atoms with Crippen LogP contribution in [-0.2, 0) is 0 Å². The zero-order valence-corrected chi connectivity index (χ0v) is 13.4. The minimum atomic E-state index is 0.264. The molecule has 0 aromatic carbocycles. The number of aromatic nitrogens is 1. The SMILES string of the molecule is CCC(CC)C(CNc1ccc(Cl)c(C#N)n1)N(C)C. The third-order valence-electron chi connectivity index (χ3n) is 3.70. The van der Waals surface area contributed by atoms with E-state index in [1.165, 1.54) is 0 Å². The molecule has 1 heterocycles. The van der Waals surface area contributed by atoms with Gasteiger partial charge in [0, 0.05) is 12.6 Å². The Morgan fingerprint density at radius 3 is 2.50 bits per heavy atom. The summed E-state index contributed by atoms with van der Waals surface area (Å²) in [6.45, 7) is 5.25. The number of nitrogens with zero attached hydrogens (tertiary/aromatic N) is 3. The summed E-state index contributed by atoms with van der Waals surface area (Å²) in [7, 11) is 4.20. The first-order valence-electron chi connectivity index (χ1n) is 7.00. The van der Waals surface area contributed by atoms with Crippen LogP contribution < -0.4 is 5.32 Å². The average Bonchev–Trinajstić information content (AvgIpc) is 2.44. The third kappa shape index (κ3) is 4.36. The number of hydrogen-bond acceptors (Lipinski definition) is 4. The summed E-state index contributed by atoms with van der Waals surface area (Å²) >= 11 is 5.88. The Hall–Kier alpha value is -1.31. The molecule has 1 unspecified atom stereocenters. The van der Waals surface area contributed by atoms with Crippen molar-refractivity contribution in [1.29, 1.82) is 5.26 Å². The van der Waals surface area contributed by atoms with Gasteiger partial charge in [-0.3, -0.25) is 0 Å². The van der Waals surface area contributed by atoms with Gasteiger partial charge in [0.05, 0.1) is 5.02 Å². The number of nitriles is 1. The predicted octanol–water partition coefficient (Wildman–Crippen LogP) is 3.38. The van der Waals surface area contributed by atoms with Crippen molar-refractivity contribution in [1.82, 2.24) is 9.88 Å². The zero-order chi connectivity index (χ0) is 15.1. The van der Waals surface area contributed by atoms with Crippen molar-refractivity contribution in [2.45, 2.75) is 32.7 Å². The summed E-state index contributed by atoms with van der Waals surface area (Å²) in [5, 5.41) is 12.6. The van der Waals surface area contributed by atoms with Crippen molar-refractivity contribution in [2.75, 3.05) is 26.0 Å². The van der Waals surface area contributed by atoms with Crippen LogP contribution in [0.15, 0.2) is 12.1 Å². The van der Waals surface area contributed by atoms with Crippen LogP contribution in [0.25, 0.3) is 0 Å². The van der Waals surface area contributed by atoms with Crippen LogP contribution in [0, 0.1) is 17.2 Å². The molecule has 0 saturated heterocycles. The predicted molar refractivity (Wildman–Crippen MR) is 84.0 cm³/mol. The standard InChI is InChI=1S/C15H23ClN4/c1-5-11(6-2)14(20(3)4)10-18-15-8-7-12(16)13(9-17)19-15/h7-8,11,14H,5-6,10H2,1-4H3,(H,18,19). The lowest BCUT2D eigenvalue weighted by Crippen LogP contribution is -2.40. The number of likely N-dealkylation sites (N-methyl/N-ethyl adjacent to an activating group) is 1. The molecule has 1 aromatic rings. The lowest BCUT2D eigenvalue weighted by Gasteiger charge is -2.31. The molecule has 5 heteroatoms. The first kappa shape index (κ1) is 16.7. The molecule has 1 aromatic heterocycles. The Labute approximate surface area is 126 Å². The van der Waals surface area contributed by atoms with E-state index < -0.39 is 0 Å². The van der Waals surface area contributed by atoms with E-state index in [4.69, 9.17) is 16.9 Å². The van der Waals surface area contributed by atoms with Crippen molar-refractivity contribution < 1.29 is 0 Å². The number of nitrogens with one attached hydrogen (secondary N) is 1. The smallest absolute Gasteiger partial charge is 0.161 e.